The predicted octanol–water partition coefficient (Wildman–Crippen LogP) is 2.23. The molecule has 0 amide bonds. The average Bonchev–Trinajstić information content (AvgIpc) is 1.94. The fourth-order valence-electron chi connectivity index (χ4n) is 0.808. The fraction of sp³-hybridized carbons (Fsp3) is 0.667. The van der Waals surface area contributed by atoms with Gasteiger partial charge in [-0.1, -0.05) is 0 Å². The second-order valence-electron chi connectivity index (χ2n) is 5.40. The molecule has 0 aliphatic heterocycles. The number of esters is 2. The normalized spacial score (nSPS) is 12.6. The Bertz CT molecular complexity index is 259. The molecule has 0 N–H and O–H groups in total. The average molecular weight is 228 g/mol. The Morgan fingerprint density at radius 3 is 1.19 bits per heavy atom. The fourth-order valence-corrected chi connectivity index (χ4v) is 0.808. The molecule has 4 nitrogen and oxygen atoms in total. The number of ether oxygens (including phenoxy) is 2. The molecule has 0 aromatic rings. The third kappa shape index (κ3) is 9.24. The third-order valence-corrected chi connectivity index (χ3v) is 1.17. The van der Waals surface area contributed by atoms with E-state index in [1.165, 1.54) is 0 Å². The maximum Gasteiger partial charge on any atom is 0.331 e. The van der Waals surface area contributed by atoms with Crippen molar-refractivity contribution in [3.8, 4) is 0 Å². The van der Waals surface area contributed by atoms with Gasteiger partial charge in [0.1, 0.15) is 11.2 Å². The van der Waals surface area contributed by atoms with Crippen molar-refractivity contribution in [2.24, 2.45) is 0 Å². The van der Waals surface area contributed by atoms with Crippen LogP contribution in [0.2, 0.25) is 0 Å². The Balaban J connectivity index is 4.20. The highest BCUT2D eigenvalue weighted by Crippen LogP contribution is 2.09. The number of rotatable bonds is 2. The van der Waals surface area contributed by atoms with Crippen molar-refractivity contribution in [1.29, 1.82) is 0 Å². The van der Waals surface area contributed by atoms with Crippen molar-refractivity contribution < 1.29 is 19.1 Å². The molecule has 92 valence electrons. The topological polar surface area (TPSA) is 52.6 Å². The molecule has 0 unspecified atom stereocenters. The molecule has 0 saturated heterocycles. The van der Waals surface area contributed by atoms with Gasteiger partial charge >= 0.3 is 11.9 Å². The first-order chi connectivity index (χ1) is 6.99. The molecule has 0 rings (SSSR count). The third-order valence-electron chi connectivity index (χ3n) is 1.17. The van der Waals surface area contributed by atoms with E-state index in [4.69, 9.17) is 9.47 Å². The highest BCUT2D eigenvalue weighted by Gasteiger charge is 2.16. The molecule has 0 saturated carbocycles. The van der Waals surface area contributed by atoms with Crippen molar-refractivity contribution in [1.82, 2.24) is 0 Å². The van der Waals surface area contributed by atoms with Crippen LogP contribution in [0.1, 0.15) is 41.5 Å². The first-order valence-electron chi connectivity index (χ1n) is 5.14. The number of hydrogen-bond acceptors (Lipinski definition) is 4. The van der Waals surface area contributed by atoms with Crippen molar-refractivity contribution in [2.75, 3.05) is 0 Å². The summed E-state index contributed by atoms with van der Waals surface area (Å²) in [5.41, 5.74) is -1.12. The first kappa shape index (κ1) is 14.7. The summed E-state index contributed by atoms with van der Waals surface area (Å²) in [6, 6.07) is 0. The molecule has 4 heteroatoms. The molecule has 0 fully saturated rings. The highest BCUT2D eigenvalue weighted by atomic mass is 16.6. The summed E-state index contributed by atoms with van der Waals surface area (Å²) in [6.45, 7) is 10.5. The van der Waals surface area contributed by atoms with E-state index in [9.17, 15) is 9.59 Å². The van der Waals surface area contributed by atoms with Crippen LogP contribution in [0.3, 0.4) is 0 Å². The van der Waals surface area contributed by atoms with Crippen molar-refractivity contribution in [3.05, 3.63) is 12.2 Å². The molecule has 0 spiro atoms. The summed E-state index contributed by atoms with van der Waals surface area (Å²) in [7, 11) is 0. The minimum Gasteiger partial charge on any atom is -0.457 e. The minimum absolute atomic E-state index is 0.557. The van der Waals surface area contributed by atoms with E-state index in [2.05, 4.69) is 0 Å². The van der Waals surface area contributed by atoms with E-state index in [1.54, 1.807) is 41.5 Å². The largest absolute Gasteiger partial charge is 0.457 e. The second kappa shape index (κ2) is 5.14. The molecule has 0 radical (unpaired) electrons. The number of carbonyl (C=O) groups excluding carboxylic acids is 2. The first-order valence-corrected chi connectivity index (χ1v) is 5.14. The molecular weight excluding hydrogens is 208 g/mol. The molecule has 16 heavy (non-hydrogen) atoms. The van der Waals surface area contributed by atoms with Crippen molar-refractivity contribution in [3.63, 3.8) is 0 Å². The van der Waals surface area contributed by atoms with Crippen molar-refractivity contribution >= 4 is 11.9 Å². The van der Waals surface area contributed by atoms with E-state index in [0.29, 0.717) is 0 Å². The van der Waals surface area contributed by atoms with Crippen LogP contribution in [0.5, 0.6) is 0 Å². The van der Waals surface area contributed by atoms with E-state index in [-0.39, 0.29) is 0 Å². The molecular formula is C12H20O4. The molecule has 0 atom stereocenters. The Morgan fingerprint density at radius 2 is 1.00 bits per heavy atom. The smallest absolute Gasteiger partial charge is 0.331 e. The van der Waals surface area contributed by atoms with E-state index >= 15 is 0 Å². The van der Waals surface area contributed by atoms with Crippen LogP contribution < -0.4 is 0 Å². The van der Waals surface area contributed by atoms with E-state index in [1.807, 2.05) is 0 Å². The summed E-state index contributed by atoms with van der Waals surface area (Å²) < 4.78 is 9.97. The SMILES string of the molecule is CC(C)(C)OC(=O)/C=C\C(=O)OC(C)(C)C. The lowest BCUT2D eigenvalue weighted by molar-refractivity contribution is -0.151. The molecule has 0 bridgehead atoms. The van der Waals surface area contributed by atoms with Gasteiger partial charge in [0.05, 0.1) is 0 Å². The van der Waals surface area contributed by atoms with E-state index < -0.39 is 23.1 Å². The van der Waals surface area contributed by atoms with Gasteiger partial charge < -0.3 is 9.47 Å². The summed E-state index contributed by atoms with van der Waals surface area (Å²) in [5, 5.41) is 0. The van der Waals surface area contributed by atoms with Gasteiger partial charge in [-0.2, -0.15) is 0 Å². The molecule has 0 heterocycles. The predicted molar refractivity (Wildman–Crippen MR) is 60.8 cm³/mol. The van der Waals surface area contributed by atoms with Gasteiger partial charge in [0.15, 0.2) is 0 Å². The summed E-state index contributed by atoms with van der Waals surface area (Å²) in [6.07, 6.45) is 2.14. The highest BCUT2D eigenvalue weighted by molar-refractivity contribution is 5.91. The van der Waals surface area contributed by atoms with Crippen LogP contribution in [-0.2, 0) is 19.1 Å². The monoisotopic (exact) mass is 228 g/mol. The Labute approximate surface area is 96.6 Å². The molecule has 0 aliphatic rings. The lowest BCUT2D eigenvalue weighted by atomic mass is 10.2. The standard InChI is InChI=1S/C12H20O4/c1-11(2,3)15-9(13)7-8-10(14)16-12(4,5)6/h7-8H,1-6H3/b8-7-. The quantitative estimate of drug-likeness (QED) is 0.537. The molecule has 0 aromatic heterocycles. The lowest BCUT2D eigenvalue weighted by Gasteiger charge is -2.19. The Kier molecular flexibility index (Phi) is 4.72. The van der Waals surface area contributed by atoms with Crippen LogP contribution in [0.15, 0.2) is 12.2 Å². The second-order valence-corrected chi connectivity index (χ2v) is 5.40. The van der Waals surface area contributed by atoms with Gasteiger partial charge in [0, 0.05) is 12.2 Å². The van der Waals surface area contributed by atoms with Crippen LogP contribution >= 0.6 is 0 Å². The van der Waals surface area contributed by atoms with Crippen molar-refractivity contribution in [2.45, 2.75) is 52.7 Å². The zero-order valence-corrected chi connectivity index (χ0v) is 10.8. The minimum atomic E-state index is -0.560. The Hall–Kier alpha value is -1.32. The molecule has 0 aliphatic carbocycles. The Morgan fingerprint density at radius 1 is 0.750 bits per heavy atom. The maximum absolute atomic E-state index is 11.2. The van der Waals surface area contributed by atoms with Gasteiger partial charge in [-0.15, -0.1) is 0 Å². The number of hydrogen-bond donors (Lipinski definition) is 0. The van der Waals surface area contributed by atoms with Crippen LogP contribution in [0.25, 0.3) is 0 Å². The van der Waals surface area contributed by atoms with Gasteiger partial charge in [0.2, 0.25) is 0 Å². The van der Waals surface area contributed by atoms with Gasteiger partial charge in [0.25, 0.3) is 0 Å². The summed E-state index contributed by atoms with van der Waals surface area (Å²) in [5.74, 6) is -1.11. The zero-order valence-electron chi connectivity index (χ0n) is 10.8. The van der Waals surface area contributed by atoms with Crippen LogP contribution in [0, 0.1) is 0 Å². The number of carbonyl (C=O) groups is 2. The van der Waals surface area contributed by atoms with Crippen LogP contribution in [-0.4, -0.2) is 23.1 Å². The van der Waals surface area contributed by atoms with E-state index in [0.717, 1.165) is 12.2 Å². The maximum atomic E-state index is 11.2. The molecule has 0 aromatic carbocycles. The lowest BCUT2D eigenvalue weighted by Crippen LogP contribution is -2.24. The van der Waals surface area contributed by atoms with Gasteiger partial charge in [-0.25, -0.2) is 9.59 Å². The zero-order chi connectivity index (χ0) is 13.0. The summed E-state index contributed by atoms with van der Waals surface area (Å²) in [4.78, 5) is 22.4. The van der Waals surface area contributed by atoms with Gasteiger partial charge in [-0.3, -0.25) is 0 Å². The van der Waals surface area contributed by atoms with Crippen LogP contribution in [0.4, 0.5) is 0 Å². The summed E-state index contributed by atoms with van der Waals surface area (Å²) >= 11 is 0. The van der Waals surface area contributed by atoms with Gasteiger partial charge in [-0.05, 0) is 41.5 Å².